The van der Waals surface area contributed by atoms with E-state index in [1.54, 1.807) is 0 Å². The molecular formula is C14H20Br2Cl2N2O. The van der Waals surface area contributed by atoms with Gasteiger partial charge in [-0.2, -0.15) is 0 Å². The van der Waals surface area contributed by atoms with Crippen molar-refractivity contribution in [2.45, 2.75) is 18.9 Å². The topological polar surface area (TPSA) is 35.5 Å². The van der Waals surface area contributed by atoms with E-state index in [1.165, 1.54) is 18.4 Å². The minimum atomic E-state index is 0. The molecule has 1 heterocycles. The van der Waals surface area contributed by atoms with Crippen molar-refractivity contribution in [3.63, 3.8) is 0 Å². The van der Waals surface area contributed by atoms with Gasteiger partial charge < -0.3 is 10.4 Å². The van der Waals surface area contributed by atoms with Crippen LogP contribution in [0.15, 0.2) is 21.1 Å². The van der Waals surface area contributed by atoms with E-state index in [2.05, 4.69) is 54.2 Å². The van der Waals surface area contributed by atoms with Crippen molar-refractivity contribution in [2.24, 2.45) is 5.92 Å². The molecule has 3 nitrogen and oxygen atoms in total. The van der Waals surface area contributed by atoms with Crippen molar-refractivity contribution < 1.29 is 5.11 Å². The van der Waals surface area contributed by atoms with Crippen LogP contribution >= 0.6 is 56.7 Å². The molecule has 21 heavy (non-hydrogen) atoms. The number of nitrogens with one attached hydrogen (secondary N) is 1. The largest absolute Gasteiger partial charge is 0.506 e. The minimum absolute atomic E-state index is 0. The molecule has 1 aromatic carbocycles. The third-order valence-electron chi connectivity index (χ3n) is 3.99. The first-order valence-corrected chi connectivity index (χ1v) is 8.38. The first-order valence-electron chi connectivity index (χ1n) is 6.79. The summed E-state index contributed by atoms with van der Waals surface area (Å²) in [6, 6.07) is 4.64. The van der Waals surface area contributed by atoms with Crippen LogP contribution in [0.25, 0.3) is 0 Å². The number of phenolic OH excluding ortho intramolecular Hbond substituents is 1. The van der Waals surface area contributed by atoms with Gasteiger partial charge in [0, 0.05) is 32.2 Å². The molecule has 1 atom stereocenters. The van der Waals surface area contributed by atoms with Gasteiger partial charge in [0.25, 0.3) is 0 Å². The zero-order valence-electron chi connectivity index (χ0n) is 11.5. The summed E-state index contributed by atoms with van der Waals surface area (Å²) in [7, 11) is 0. The lowest BCUT2D eigenvalue weighted by atomic mass is 9.99. The molecule has 3 rings (SSSR count). The number of benzene rings is 1. The Hall–Kier alpha value is 0.480. The molecule has 0 aromatic heterocycles. The summed E-state index contributed by atoms with van der Waals surface area (Å²) in [5, 5.41) is 13.3. The second kappa shape index (κ2) is 8.37. The second-order valence-corrected chi connectivity index (χ2v) is 7.11. The molecule has 1 aromatic rings. The van der Waals surface area contributed by atoms with E-state index in [9.17, 15) is 5.11 Å². The fourth-order valence-electron chi connectivity index (χ4n) is 2.91. The number of nitrogens with zero attached hydrogens (tertiary/aromatic N) is 1. The molecule has 0 radical (unpaired) electrons. The zero-order valence-corrected chi connectivity index (χ0v) is 16.3. The number of piperazine rings is 1. The lowest BCUT2D eigenvalue weighted by Crippen LogP contribution is -2.45. The average molecular weight is 463 g/mol. The molecular weight excluding hydrogens is 443 g/mol. The van der Waals surface area contributed by atoms with E-state index in [4.69, 9.17) is 0 Å². The van der Waals surface area contributed by atoms with Gasteiger partial charge in [-0.25, -0.2) is 0 Å². The highest BCUT2D eigenvalue weighted by Gasteiger charge is 2.37. The van der Waals surface area contributed by atoms with Gasteiger partial charge in [-0.15, -0.1) is 24.8 Å². The molecule has 1 aliphatic carbocycles. The van der Waals surface area contributed by atoms with E-state index in [0.717, 1.165) is 41.0 Å². The Labute approximate surface area is 154 Å². The normalized spacial score (nSPS) is 20.3. The third-order valence-corrected chi connectivity index (χ3v) is 5.20. The van der Waals surface area contributed by atoms with Crippen LogP contribution in [0, 0.1) is 5.92 Å². The standard InChI is InChI=1S/C14H18Br2N2O.2ClH/c15-11-7-10(8-12(16)14(11)19)13(9-1-2-9)18-5-3-17-4-6-18;;/h7-9,13,17,19H,1-6H2;2*1H/t13-;;/m0../s1. The fraction of sp³-hybridized carbons (Fsp3) is 0.571. The maximum atomic E-state index is 9.86. The van der Waals surface area contributed by atoms with Crippen LogP contribution in [-0.4, -0.2) is 36.2 Å². The van der Waals surface area contributed by atoms with E-state index >= 15 is 0 Å². The first kappa shape index (κ1) is 19.5. The van der Waals surface area contributed by atoms with Crippen molar-refractivity contribution in [1.29, 1.82) is 0 Å². The predicted molar refractivity (Wildman–Crippen MR) is 97.9 cm³/mol. The number of halogens is 4. The predicted octanol–water partition coefficient (Wildman–Crippen LogP) is 4.12. The smallest absolute Gasteiger partial charge is 0.143 e. The van der Waals surface area contributed by atoms with Gasteiger partial charge in [0.05, 0.1) is 8.95 Å². The summed E-state index contributed by atoms with van der Waals surface area (Å²) >= 11 is 6.90. The third kappa shape index (κ3) is 4.49. The van der Waals surface area contributed by atoms with Gasteiger partial charge in [0.2, 0.25) is 0 Å². The highest BCUT2D eigenvalue weighted by molar-refractivity contribution is 9.11. The quantitative estimate of drug-likeness (QED) is 0.709. The zero-order chi connectivity index (χ0) is 13.4. The summed E-state index contributed by atoms with van der Waals surface area (Å²) in [5.74, 6) is 1.07. The number of aromatic hydroxyl groups is 1. The fourth-order valence-corrected chi connectivity index (χ4v) is 4.13. The van der Waals surface area contributed by atoms with Crippen molar-refractivity contribution in [3.8, 4) is 5.75 Å². The van der Waals surface area contributed by atoms with Gasteiger partial charge >= 0.3 is 0 Å². The van der Waals surface area contributed by atoms with Crippen LogP contribution < -0.4 is 5.32 Å². The van der Waals surface area contributed by atoms with Gasteiger partial charge in [-0.05, 0) is 68.3 Å². The highest BCUT2D eigenvalue weighted by atomic mass is 79.9. The molecule has 0 spiro atoms. The van der Waals surface area contributed by atoms with E-state index < -0.39 is 0 Å². The summed E-state index contributed by atoms with van der Waals surface area (Å²) in [6.45, 7) is 4.36. The summed E-state index contributed by atoms with van der Waals surface area (Å²) < 4.78 is 1.55. The van der Waals surface area contributed by atoms with Crippen molar-refractivity contribution in [2.75, 3.05) is 26.2 Å². The molecule has 0 unspecified atom stereocenters. The molecule has 0 bridgehead atoms. The van der Waals surface area contributed by atoms with Crippen LogP contribution in [0.4, 0.5) is 0 Å². The van der Waals surface area contributed by atoms with Crippen LogP contribution in [0.2, 0.25) is 0 Å². The monoisotopic (exact) mass is 460 g/mol. The molecule has 2 fully saturated rings. The average Bonchev–Trinajstić information content (AvgIpc) is 3.22. The van der Waals surface area contributed by atoms with Crippen molar-refractivity contribution in [3.05, 3.63) is 26.6 Å². The second-order valence-electron chi connectivity index (χ2n) is 5.40. The van der Waals surface area contributed by atoms with Crippen LogP contribution in [-0.2, 0) is 0 Å². The van der Waals surface area contributed by atoms with Gasteiger partial charge in [-0.1, -0.05) is 0 Å². The summed E-state index contributed by atoms with van der Waals surface area (Å²) in [6.07, 6.45) is 2.65. The Morgan fingerprint density at radius 1 is 1.10 bits per heavy atom. The lowest BCUT2D eigenvalue weighted by Gasteiger charge is -2.35. The van der Waals surface area contributed by atoms with Crippen LogP contribution in [0.1, 0.15) is 24.4 Å². The van der Waals surface area contributed by atoms with Crippen LogP contribution in [0.3, 0.4) is 0 Å². The Kier molecular flexibility index (Phi) is 7.78. The molecule has 7 heteroatoms. The van der Waals surface area contributed by atoms with E-state index in [-0.39, 0.29) is 24.8 Å². The molecule has 2 N–H and O–H groups in total. The number of phenols is 1. The number of rotatable bonds is 3. The SMILES string of the molecule is Cl.Cl.Oc1c(Br)cc([C@H](C2CC2)N2CCNCC2)cc1Br. The van der Waals surface area contributed by atoms with E-state index in [0.29, 0.717) is 11.8 Å². The van der Waals surface area contributed by atoms with Gasteiger partial charge in [-0.3, -0.25) is 4.90 Å². The molecule has 120 valence electrons. The summed E-state index contributed by atoms with van der Waals surface area (Å²) in [5.41, 5.74) is 1.31. The highest BCUT2D eigenvalue weighted by Crippen LogP contribution is 2.47. The molecule has 1 aliphatic heterocycles. The number of hydrogen-bond donors (Lipinski definition) is 2. The summed E-state index contributed by atoms with van der Waals surface area (Å²) in [4.78, 5) is 2.58. The molecule has 0 amide bonds. The number of hydrogen-bond acceptors (Lipinski definition) is 3. The van der Waals surface area contributed by atoms with Crippen molar-refractivity contribution in [1.82, 2.24) is 10.2 Å². The lowest BCUT2D eigenvalue weighted by molar-refractivity contribution is 0.156. The Morgan fingerprint density at radius 3 is 2.10 bits per heavy atom. The molecule has 1 saturated carbocycles. The maximum absolute atomic E-state index is 9.86. The van der Waals surface area contributed by atoms with Crippen molar-refractivity contribution >= 4 is 56.7 Å². The Balaban J connectivity index is 0.00000110. The van der Waals surface area contributed by atoms with Gasteiger partial charge in [0.15, 0.2) is 0 Å². The van der Waals surface area contributed by atoms with Gasteiger partial charge in [0.1, 0.15) is 5.75 Å². The minimum Gasteiger partial charge on any atom is -0.506 e. The first-order chi connectivity index (χ1) is 9.16. The molecule has 1 saturated heterocycles. The van der Waals surface area contributed by atoms with Crippen LogP contribution in [0.5, 0.6) is 5.75 Å². The Morgan fingerprint density at radius 2 is 1.62 bits per heavy atom. The maximum Gasteiger partial charge on any atom is 0.143 e. The molecule has 2 aliphatic rings. The van der Waals surface area contributed by atoms with E-state index in [1.807, 2.05) is 0 Å². The Bertz CT molecular complexity index is 457.